The number of sulfonamides is 1. The SMILES string of the molecule is CS(=O)(=O)N(CCC(=O)N1CCCCC1)c1ccc(F)cc1F. The molecule has 8 heteroatoms. The molecular formula is C15H20F2N2O3S. The Morgan fingerprint density at radius 3 is 2.43 bits per heavy atom. The van der Waals surface area contributed by atoms with E-state index in [2.05, 4.69) is 0 Å². The second-order valence-corrected chi connectivity index (χ2v) is 7.53. The van der Waals surface area contributed by atoms with Crippen molar-refractivity contribution in [3.05, 3.63) is 29.8 Å². The van der Waals surface area contributed by atoms with Gasteiger partial charge in [0.05, 0.1) is 11.9 Å². The Bertz CT molecular complexity index is 673. The number of nitrogens with zero attached hydrogens (tertiary/aromatic N) is 2. The molecule has 0 atom stereocenters. The van der Waals surface area contributed by atoms with Gasteiger partial charge in [-0.25, -0.2) is 17.2 Å². The zero-order valence-electron chi connectivity index (χ0n) is 13.0. The van der Waals surface area contributed by atoms with Gasteiger partial charge < -0.3 is 4.90 Å². The van der Waals surface area contributed by atoms with E-state index in [9.17, 15) is 22.0 Å². The zero-order chi connectivity index (χ0) is 17.0. The average Bonchev–Trinajstić information content (AvgIpc) is 2.48. The zero-order valence-corrected chi connectivity index (χ0v) is 13.8. The third-order valence-electron chi connectivity index (χ3n) is 3.82. The summed E-state index contributed by atoms with van der Waals surface area (Å²) in [5, 5.41) is 0. The predicted molar refractivity (Wildman–Crippen MR) is 83.6 cm³/mol. The van der Waals surface area contributed by atoms with Gasteiger partial charge in [-0.1, -0.05) is 0 Å². The highest BCUT2D eigenvalue weighted by molar-refractivity contribution is 7.92. The van der Waals surface area contributed by atoms with Gasteiger partial charge in [0.25, 0.3) is 0 Å². The summed E-state index contributed by atoms with van der Waals surface area (Å²) < 4.78 is 51.5. The van der Waals surface area contributed by atoms with Crippen molar-refractivity contribution >= 4 is 21.6 Å². The van der Waals surface area contributed by atoms with Crippen LogP contribution in [0.5, 0.6) is 0 Å². The second kappa shape index (κ2) is 7.25. The van der Waals surface area contributed by atoms with Crippen LogP contribution in [0.3, 0.4) is 0 Å². The van der Waals surface area contributed by atoms with Gasteiger partial charge in [0.2, 0.25) is 15.9 Å². The molecule has 1 amide bonds. The molecular weight excluding hydrogens is 326 g/mol. The fourth-order valence-corrected chi connectivity index (χ4v) is 3.58. The van der Waals surface area contributed by atoms with Gasteiger partial charge in [-0.05, 0) is 31.4 Å². The van der Waals surface area contributed by atoms with Crippen molar-refractivity contribution < 1.29 is 22.0 Å². The summed E-state index contributed by atoms with van der Waals surface area (Å²) in [6.07, 6.45) is 3.85. The number of hydrogen-bond acceptors (Lipinski definition) is 3. The first kappa shape index (κ1) is 17.7. The molecule has 1 aromatic carbocycles. The number of hydrogen-bond donors (Lipinski definition) is 0. The lowest BCUT2D eigenvalue weighted by atomic mass is 10.1. The Morgan fingerprint density at radius 1 is 1.22 bits per heavy atom. The normalized spacial score (nSPS) is 15.5. The molecule has 0 saturated carbocycles. The van der Waals surface area contributed by atoms with Crippen LogP contribution in [0.15, 0.2) is 18.2 Å². The lowest BCUT2D eigenvalue weighted by Crippen LogP contribution is -2.39. The van der Waals surface area contributed by atoms with E-state index in [-0.39, 0.29) is 24.6 Å². The molecule has 0 unspecified atom stereocenters. The third kappa shape index (κ3) is 4.63. The van der Waals surface area contributed by atoms with Gasteiger partial charge in [0.1, 0.15) is 11.6 Å². The number of likely N-dealkylation sites (tertiary alicyclic amines) is 1. The monoisotopic (exact) mass is 346 g/mol. The molecule has 1 fully saturated rings. The van der Waals surface area contributed by atoms with Crippen molar-refractivity contribution in [3.8, 4) is 0 Å². The fraction of sp³-hybridized carbons (Fsp3) is 0.533. The minimum Gasteiger partial charge on any atom is -0.343 e. The highest BCUT2D eigenvalue weighted by Crippen LogP contribution is 2.23. The largest absolute Gasteiger partial charge is 0.343 e. The first-order valence-electron chi connectivity index (χ1n) is 7.49. The maximum absolute atomic E-state index is 13.9. The van der Waals surface area contributed by atoms with Crippen LogP contribution in [0.2, 0.25) is 0 Å². The number of benzene rings is 1. The van der Waals surface area contributed by atoms with Crippen LogP contribution < -0.4 is 4.31 Å². The molecule has 0 spiro atoms. The number of carbonyl (C=O) groups is 1. The van der Waals surface area contributed by atoms with E-state index in [0.717, 1.165) is 42.0 Å². The van der Waals surface area contributed by atoms with E-state index >= 15 is 0 Å². The fourth-order valence-electron chi connectivity index (χ4n) is 2.65. The van der Waals surface area contributed by atoms with Crippen LogP contribution in [-0.2, 0) is 14.8 Å². The van der Waals surface area contributed by atoms with Gasteiger partial charge in [-0.2, -0.15) is 0 Å². The molecule has 0 aromatic heterocycles. The first-order chi connectivity index (χ1) is 10.8. The summed E-state index contributed by atoms with van der Waals surface area (Å²) in [4.78, 5) is 13.8. The summed E-state index contributed by atoms with van der Waals surface area (Å²) in [5.41, 5.74) is -0.250. The van der Waals surface area contributed by atoms with E-state index < -0.39 is 21.7 Å². The van der Waals surface area contributed by atoms with Gasteiger partial charge in [-0.15, -0.1) is 0 Å². The topological polar surface area (TPSA) is 57.7 Å². The number of anilines is 1. The highest BCUT2D eigenvalue weighted by Gasteiger charge is 2.24. The van der Waals surface area contributed by atoms with Crippen LogP contribution in [0.1, 0.15) is 25.7 Å². The molecule has 0 N–H and O–H groups in total. The van der Waals surface area contributed by atoms with Crippen molar-refractivity contribution in [1.82, 2.24) is 4.90 Å². The number of halogens is 2. The summed E-state index contributed by atoms with van der Waals surface area (Å²) >= 11 is 0. The minimum absolute atomic E-state index is 0.0378. The Kier molecular flexibility index (Phi) is 5.56. The Hall–Kier alpha value is -1.70. The van der Waals surface area contributed by atoms with Crippen LogP contribution in [-0.4, -0.2) is 45.1 Å². The van der Waals surface area contributed by atoms with Crippen LogP contribution in [0.4, 0.5) is 14.5 Å². The molecule has 1 aliphatic heterocycles. The minimum atomic E-state index is -3.78. The predicted octanol–water partition coefficient (Wildman–Crippen LogP) is 2.13. The maximum atomic E-state index is 13.9. The Morgan fingerprint density at radius 2 is 1.87 bits per heavy atom. The first-order valence-corrected chi connectivity index (χ1v) is 9.34. The molecule has 1 aromatic rings. The molecule has 2 rings (SSSR count). The molecule has 128 valence electrons. The number of carbonyl (C=O) groups excluding carboxylic acids is 1. The molecule has 0 bridgehead atoms. The van der Waals surface area contributed by atoms with E-state index in [1.54, 1.807) is 4.90 Å². The molecule has 1 heterocycles. The van der Waals surface area contributed by atoms with E-state index in [1.165, 1.54) is 0 Å². The quantitative estimate of drug-likeness (QED) is 0.821. The highest BCUT2D eigenvalue weighted by atomic mass is 32.2. The van der Waals surface area contributed by atoms with E-state index in [4.69, 9.17) is 0 Å². The van der Waals surface area contributed by atoms with Crippen LogP contribution >= 0.6 is 0 Å². The van der Waals surface area contributed by atoms with Gasteiger partial charge >= 0.3 is 0 Å². The third-order valence-corrected chi connectivity index (χ3v) is 5.00. The van der Waals surface area contributed by atoms with Gasteiger partial charge in [-0.3, -0.25) is 9.10 Å². The van der Waals surface area contributed by atoms with E-state index in [0.29, 0.717) is 19.2 Å². The summed E-state index contributed by atoms with van der Waals surface area (Å²) in [6.45, 7) is 1.17. The lowest BCUT2D eigenvalue weighted by Gasteiger charge is -2.28. The molecule has 0 radical (unpaired) electrons. The summed E-state index contributed by atoms with van der Waals surface area (Å²) in [7, 11) is -3.78. The lowest BCUT2D eigenvalue weighted by molar-refractivity contribution is -0.131. The van der Waals surface area contributed by atoms with Crippen molar-refractivity contribution in [3.63, 3.8) is 0 Å². The number of piperidine rings is 1. The van der Waals surface area contributed by atoms with Gasteiger partial charge in [0, 0.05) is 32.1 Å². The van der Waals surface area contributed by atoms with Gasteiger partial charge in [0.15, 0.2) is 0 Å². The second-order valence-electron chi connectivity index (χ2n) is 5.62. The van der Waals surface area contributed by atoms with Crippen molar-refractivity contribution in [1.29, 1.82) is 0 Å². The summed E-state index contributed by atoms with van der Waals surface area (Å²) in [5.74, 6) is -1.91. The standard InChI is InChI=1S/C15H20F2N2O3S/c1-23(21,22)19(14-6-5-12(16)11-13(14)17)10-7-15(20)18-8-3-2-4-9-18/h5-6,11H,2-4,7-10H2,1H3. The maximum Gasteiger partial charge on any atom is 0.232 e. The van der Waals surface area contributed by atoms with E-state index in [1.807, 2.05) is 0 Å². The Balaban J connectivity index is 2.12. The molecule has 23 heavy (non-hydrogen) atoms. The number of amides is 1. The van der Waals surface area contributed by atoms with Crippen molar-refractivity contribution in [2.45, 2.75) is 25.7 Å². The average molecular weight is 346 g/mol. The molecule has 5 nitrogen and oxygen atoms in total. The molecule has 1 saturated heterocycles. The Labute approximate surface area is 134 Å². The number of rotatable bonds is 5. The molecule has 0 aliphatic carbocycles. The smallest absolute Gasteiger partial charge is 0.232 e. The van der Waals surface area contributed by atoms with Crippen molar-refractivity contribution in [2.75, 3.05) is 30.2 Å². The van der Waals surface area contributed by atoms with Crippen molar-refractivity contribution in [2.24, 2.45) is 0 Å². The van der Waals surface area contributed by atoms with Crippen LogP contribution in [0.25, 0.3) is 0 Å². The summed E-state index contributed by atoms with van der Waals surface area (Å²) in [6, 6.07) is 2.68. The molecule has 1 aliphatic rings. The van der Waals surface area contributed by atoms with Crippen LogP contribution in [0, 0.1) is 11.6 Å².